The molecule has 1 unspecified atom stereocenters. The monoisotopic (exact) mass is 286 g/mol. The fraction of sp³-hybridized carbons (Fsp3) is 0.611. The van der Waals surface area contributed by atoms with Gasteiger partial charge in [-0.25, -0.2) is 0 Å². The Bertz CT molecular complexity index is 473. The number of hydrogen-bond donors (Lipinski definition) is 0. The number of benzene rings is 1. The molecule has 0 bridgehead atoms. The van der Waals surface area contributed by atoms with Gasteiger partial charge in [-0.3, -0.25) is 9.69 Å². The summed E-state index contributed by atoms with van der Waals surface area (Å²) in [7, 11) is 0. The molecule has 0 radical (unpaired) electrons. The van der Waals surface area contributed by atoms with Crippen LogP contribution in [0.1, 0.15) is 37.3 Å². The largest absolute Gasteiger partial charge is 0.339 e. The van der Waals surface area contributed by atoms with E-state index in [-0.39, 0.29) is 0 Å². The van der Waals surface area contributed by atoms with Gasteiger partial charge >= 0.3 is 0 Å². The standard InChI is InChI=1S/C18H26N2O/c1-15-6-4-5-11-20(15)18(21)14-19-12-9-16-7-2-3-8-17(16)10-13-19/h2-3,7-8,15H,4-6,9-14H2,1H3. The normalized spacial score (nSPS) is 23.5. The van der Waals surface area contributed by atoms with Crippen molar-refractivity contribution in [1.82, 2.24) is 9.80 Å². The van der Waals surface area contributed by atoms with Gasteiger partial charge in [-0.15, -0.1) is 0 Å². The predicted molar refractivity (Wildman–Crippen MR) is 85.3 cm³/mol. The second-order valence-corrected chi connectivity index (χ2v) is 6.48. The molecule has 0 N–H and O–H groups in total. The number of amides is 1. The third-order valence-electron chi connectivity index (χ3n) is 5.00. The molecule has 114 valence electrons. The van der Waals surface area contributed by atoms with Gasteiger partial charge < -0.3 is 4.90 Å². The molecule has 3 heteroatoms. The van der Waals surface area contributed by atoms with Crippen molar-refractivity contribution in [2.24, 2.45) is 0 Å². The number of nitrogens with zero attached hydrogens (tertiary/aromatic N) is 2. The summed E-state index contributed by atoms with van der Waals surface area (Å²) < 4.78 is 0. The molecule has 2 aliphatic heterocycles. The molecule has 1 aromatic rings. The predicted octanol–water partition coefficient (Wildman–Crippen LogP) is 2.49. The highest BCUT2D eigenvalue weighted by molar-refractivity contribution is 5.78. The minimum atomic E-state index is 0.327. The smallest absolute Gasteiger partial charge is 0.236 e. The van der Waals surface area contributed by atoms with Crippen molar-refractivity contribution in [3.8, 4) is 0 Å². The van der Waals surface area contributed by atoms with Gasteiger partial charge in [-0.05, 0) is 50.2 Å². The van der Waals surface area contributed by atoms with Gasteiger partial charge in [0.15, 0.2) is 0 Å². The van der Waals surface area contributed by atoms with E-state index in [1.165, 1.54) is 24.0 Å². The maximum atomic E-state index is 12.5. The first kappa shape index (κ1) is 14.6. The van der Waals surface area contributed by atoms with Crippen LogP contribution in [-0.4, -0.2) is 47.9 Å². The molecule has 1 atom stereocenters. The van der Waals surface area contributed by atoms with Gasteiger partial charge in [0.05, 0.1) is 6.54 Å². The molecule has 2 heterocycles. The van der Waals surface area contributed by atoms with Crippen LogP contribution in [0.15, 0.2) is 24.3 Å². The zero-order valence-electron chi connectivity index (χ0n) is 13.1. The third kappa shape index (κ3) is 3.46. The van der Waals surface area contributed by atoms with Gasteiger partial charge in [0.25, 0.3) is 0 Å². The lowest BCUT2D eigenvalue weighted by atomic mass is 10.0. The Morgan fingerprint density at radius 2 is 1.76 bits per heavy atom. The topological polar surface area (TPSA) is 23.6 Å². The molecule has 1 amide bonds. The first-order chi connectivity index (χ1) is 10.2. The van der Waals surface area contributed by atoms with Crippen LogP contribution >= 0.6 is 0 Å². The van der Waals surface area contributed by atoms with Crippen LogP contribution < -0.4 is 0 Å². The fourth-order valence-corrected chi connectivity index (χ4v) is 3.62. The minimum absolute atomic E-state index is 0.327. The highest BCUT2D eigenvalue weighted by Crippen LogP contribution is 2.18. The van der Waals surface area contributed by atoms with Gasteiger partial charge in [0.1, 0.15) is 0 Å². The zero-order valence-corrected chi connectivity index (χ0v) is 13.1. The Hall–Kier alpha value is -1.35. The lowest BCUT2D eigenvalue weighted by molar-refractivity contribution is -0.135. The Balaban J connectivity index is 1.58. The van der Waals surface area contributed by atoms with Crippen molar-refractivity contribution in [3.63, 3.8) is 0 Å². The highest BCUT2D eigenvalue weighted by atomic mass is 16.2. The molecular weight excluding hydrogens is 260 g/mol. The quantitative estimate of drug-likeness (QED) is 0.834. The molecule has 1 fully saturated rings. The first-order valence-corrected chi connectivity index (χ1v) is 8.32. The summed E-state index contributed by atoms with van der Waals surface area (Å²) in [4.78, 5) is 17.0. The molecule has 0 aromatic heterocycles. The number of piperidine rings is 1. The molecule has 0 spiro atoms. The zero-order chi connectivity index (χ0) is 14.7. The van der Waals surface area contributed by atoms with Crippen LogP contribution in [0.4, 0.5) is 0 Å². The molecule has 2 aliphatic rings. The third-order valence-corrected chi connectivity index (χ3v) is 5.00. The van der Waals surface area contributed by atoms with Crippen molar-refractivity contribution >= 4 is 5.91 Å². The highest BCUT2D eigenvalue weighted by Gasteiger charge is 2.25. The van der Waals surface area contributed by atoms with Gasteiger partial charge in [0, 0.05) is 25.7 Å². The Morgan fingerprint density at radius 1 is 1.10 bits per heavy atom. The number of fused-ring (bicyclic) bond motifs is 1. The maximum Gasteiger partial charge on any atom is 0.236 e. The average Bonchev–Trinajstić information content (AvgIpc) is 2.70. The molecule has 1 saturated heterocycles. The Labute approximate surface area is 127 Å². The number of likely N-dealkylation sites (tertiary alicyclic amines) is 1. The van der Waals surface area contributed by atoms with Gasteiger partial charge in [-0.1, -0.05) is 24.3 Å². The second-order valence-electron chi connectivity index (χ2n) is 6.48. The minimum Gasteiger partial charge on any atom is -0.339 e. The molecule has 1 aromatic carbocycles. The summed E-state index contributed by atoms with van der Waals surface area (Å²) in [6.45, 7) is 5.75. The van der Waals surface area contributed by atoms with Crippen LogP contribution in [0.3, 0.4) is 0 Å². The maximum absolute atomic E-state index is 12.5. The summed E-state index contributed by atoms with van der Waals surface area (Å²) in [6, 6.07) is 9.13. The van der Waals surface area contributed by atoms with Crippen LogP contribution in [0, 0.1) is 0 Å². The van der Waals surface area contributed by atoms with Gasteiger partial charge in [0.2, 0.25) is 5.91 Å². The van der Waals surface area contributed by atoms with E-state index in [9.17, 15) is 4.79 Å². The summed E-state index contributed by atoms with van der Waals surface area (Å²) in [5.41, 5.74) is 2.91. The lowest BCUT2D eigenvalue weighted by Gasteiger charge is -2.35. The van der Waals surface area contributed by atoms with Crippen LogP contribution in [0.2, 0.25) is 0 Å². The van der Waals surface area contributed by atoms with E-state index in [0.717, 1.165) is 38.9 Å². The van der Waals surface area contributed by atoms with Crippen LogP contribution in [-0.2, 0) is 17.6 Å². The van der Waals surface area contributed by atoms with E-state index in [0.29, 0.717) is 18.5 Å². The van der Waals surface area contributed by atoms with E-state index in [1.54, 1.807) is 0 Å². The molecule has 0 aliphatic carbocycles. The van der Waals surface area contributed by atoms with Crippen molar-refractivity contribution in [2.75, 3.05) is 26.2 Å². The van der Waals surface area contributed by atoms with Crippen molar-refractivity contribution in [1.29, 1.82) is 0 Å². The first-order valence-electron chi connectivity index (χ1n) is 8.32. The summed E-state index contributed by atoms with van der Waals surface area (Å²) in [5.74, 6) is 0.327. The van der Waals surface area contributed by atoms with Crippen molar-refractivity contribution < 1.29 is 4.79 Å². The van der Waals surface area contributed by atoms with Crippen LogP contribution in [0.5, 0.6) is 0 Å². The molecule has 0 saturated carbocycles. The molecule has 21 heavy (non-hydrogen) atoms. The fourth-order valence-electron chi connectivity index (χ4n) is 3.62. The summed E-state index contributed by atoms with van der Waals surface area (Å²) in [5, 5.41) is 0. The van der Waals surface area contributed by atoms with Crippen LogP contribution in [0.25, 0.3) is 0 Å². The van der Waals surface area contributed by atoms with E-state index < -0.39 is 0 Å². The summed E-state index contributed by atoms with van der Waals surface area (Å²) >= 11 is 0. The van der Waals surface area contributed by atoms with Gasteiger partial charge in [-0.2, -0.15) is 0 Å². The molecule has 3 nitrogen and oxygen atoms in total. The average molecular weight is 286 g/mol. The lowest BCUT2D eigenvalue weighted by Crippen LogP contribution is -2.47. The number of hydrogen-bond acceptors (Lipinski definition) is 2. The number of carbonyl (C=O) groups is 1. The number of carbonyl (C=O) groups excluding carboxylic acids is 1. The molecule has 3 rings (SSSR count). The van der Waals surface area contributed by atoms with E-state index in [1.807, 2.05) is 0 Å². The van der Waals surface area contributed by atoms with E-state index in [2.05, 4.69) is 41.0 Å². The Morgan fingerprint density at radius 3 is 2.38 bits per heavy atom. The summed E-state index contributed by atoms with van der Waals surface area (Å²) in [6.07, 6.45) is 5.74. The van der Waals surface area contributed by atoms with Crippen molar-refractivity contribution in [3.05, 3.63) is 35.4 Å². The van der Waals surface area contributed by atoms with Crippen molar-refractivity contribution in [2.45, 2.75) is 45.1 Å². The number of rotatable bonds is 2. The SMILES string of the molecule is CC1CCCCN1C(=O)CN1CCc2ccccc2CC1. The molecular formula is C18H26N2O. The second kappa shape index (κ2) is 6.61. The Kier molecular flexibility index (Phi) is 4.59. The van der Waals surface area contributed by atoms with E-state index >= 15 is 0 Å². The van der Waals surface area contributed by atoms with E-state index in [4.69, 9.17) is 0 Å².